The largest absolute Gasteiger partial charge is 0.497 e. The topological polar surface area (TPSA) is 46.6 Å². The molecule has 0 spiro atoms. The quantitative estimate of drug-likeness (QED) is 0.745. The van der Waals surface area contributed by atoms with Crippen molar-refractivity contribution < 1.29 is 14.3 Å². The number of ether oxygens (including phenoxy) is 1. The molecule has 0 fully saturated rings. The number of amides is 2. The maximum Gasteiger partial charge on any atom is 0.261 e. The van der Waals surface area contributed by atoms with Crippen molar-refractivity contribution in [1.82, 2.24) is 4.90 Å². The maximum absolute atomic E-state index is 12.5. The van der Waals surface area contributed by atoms with E-state index in [1.54, 1.807) is 31.4 Å². The second kappa shape index (κ2) is 7.09. The Bertz CT molecular complexity index is 745. The molecule has 130 valence electrons. The molecule has 25 heavy (non-hydrogen) atoms. The van der Waals surface area contributed by atoms with Gasteiger partial charge in [-0.2, -0.15) is 0 Å². The van der Waals surface area contributed by atoms with Gasteiger partial charge in [-0.3, -0.25) is 14.5 Å². The van der Waals surface area contributed by atoms with Crippen molar-refractivity contribution in [3.8, 4) is 5.75 Å². The van der Waals surface area contributed by atoms with Gasteiger partial charge >= 0.3 is 0 Å². The molecule has 0 aromatic heterocycles. The summed E-state index contributed by atoms with van der Waals surface area (Å²) in [6, 6.07) is 15.1. The highest BCUT2D eigenvalue weighted by Crippen LogP contribution is 2.31. The van der Waals surface area contributed by atoms with Crippen molar-refractivity contribution in [1.29, 1.82) is 0 Å². The summed E-state index contributed by atoms with van der Waals surface area (Å²) < 4.78 is 5.22. The number of hydrogen-bond acceptors (Lipinski definition) is 3. The highest BCUT2D eigenvalue weighted by molar-refractivity contribution is 6.21. The number of nitrogens with zero attached hydrogens (tertiary/aromatic N) is 1. The molecule has 1 aliphatic heterocycles. The third-order valence-corrected chi connectivity index (χ3v) is 4.89. The summed E-state index contributed by atoms with van der Waals surface area (Å²) >= 11 is 0. The van der Waals surface area contributed by atoms with E-state index in [1.807, 2.05) is 12.1 Å². The lowest BCUT2D eigenvalue weighted by Crippen LogP contribution is -2.32. The Balaban J connectivity index is 1.74. The Labute approximate surface area is 148 Å². The highest BCUT2D eigenvalue weighted by Gasteiger charge is 2.35. The van der Waals surface area contributed by atoms with Crippen molar-refractivity contribution in [3.63, 3.8) is 0 Å². The van der Waals surface area contributed by atoms with Gasteiger partial charge in [-0.15, -0.1) is 0 Å². The van der Waals surface area contributed by atoms with Crippen molar-refractivity contribution >= 4 is 11.8 Å². The fraction of sp³-hybridized carbons (Fsp3) is 0.333. The van der Waals surface area contributed by atoms with E-state index in [4.69, 9.17) is 4.74 Å². The maximum atomic E-state index is 12.5. The van der Waals surface area contributed by atoms with Crippen molar-refractivity contribution in [3.05, 3.63) is 65.2 Å². The van der Waals surface area contributed by atoms with Crippen molar-refractivity contribution in [2.45, 2.75) is 26.2 Å². The van der Waals surface area contributed by atoms with Gasteiger partial charge in [0.2, 0.25) is 0 Å². The molecule has 3 rings (SSSR count). The Morgan fingerprint density at radius 3 is 1.96 bits per heavy atom. The number of rotatable bonds is 6. The number of carbonyl (C=O) groups excluding carboxylic acids is 2. The number of hydrogen-bond donors (Lipinski definition) is 0. The average Bonchev–Trinajstić information content (AvgIpc) is 2.87. The summed E-state index contributed by atoms with van der Waals surface area (Å²) in [5, 5.41) is 0. The summed E-state index contributed by atoms with van der Waals surface area (Å²) in [6.07, 6.45) is 0.746. The zero-order valence-corrected chi connectivity index (χ0v) is 14.9. The molecule has 0 bridgehead atoms. The second-order valence-corrected chi connectivity index (χ2v) is 6.72. The van der Waals surface area contributed by atoms with Gasteiger partial charge in [-0.25, -0.2) is 0 Å². The second-order valence-electron chi connectivity index (χ2n) is 6.72. The lowest BCUT2D eigenvalue weighted by molar-refractivity contribution is 0.0647. The molecule has 0 aliphatic carbocycles. The summed E-state index contributed by atoms with van der Waals surface area (Å²) in [5.41, 5.74) is 2.23. The van der Waals surface area contributed by atoms with E-state index in [9.17, 15) is 9.59 Å². The Kier molecular flexibility index (Phi) is 4.88. The van der Waals surface area contributed by atoms with Gasteiger partial charge in [-0.05, 0) is 48.1 Å². The summed E-state index contributed by atoms with van der Waals surface area (Å²) in [5.74, 6) is 1.14. The number of imide groups is 1. The molecule has 4 nitrogen and oxygen atoms in total. The molecule has 0 N–H and O–H groups in total. The molecule has 1 atom stereocenters. The smallest absolute Gasteiger partial charge is 0.261 e. The molecule has 2 amide bonds. The molecular weight excluding hydrogens is 314 g/mol. The van der Waals surface area contributed by atoms with Crippen LogP contribution < -0.4 is 4.74 Å². The fourth-order valence-electron chi connectivity index (χ4n) is 3.45. The van der Waals surface area contributed by atoms with E-state index in [2.05, 4.69) is 26.0 Å². The van der Waals surface area contributed by atoms with Gasteiger partial charge in [-0.1, -0.05) is 38.1 Å². The zero-order chi connectivity index (χ0) is 18.0. The first-order valence-corrected chi connectivity index (χ1v) is 8.62. The summed E-state index contributed by atoms with van der Waals surface area (Å²) in [6.45, 7) is 4.76. The summed E-state index contributed by atoms with van der Waals surface area (Å²) in [4.78, 5) is 26.4. The van der Waals surface area contributed by atoms with Gasteiger partial charge in [0.15, 0.2) is 0 Å². The minimum atomic E-state index is -0.183. The Hall–Kier alpha value is -2.62. The first kappa shape index (κ1) is 17.2. The van der Waals surface area contributed by atoms with Crippen LogP contribution in [0.5, 0.6) is 5.75 Å². The van der Waals surface area contributed by atoms with E-state index < -0.39 is 0 Å². The number of carbonyl (C=O) groups is 2. The third-order valence-electron chi connectivity index (χ3n) is 4.89. The van der Waals surface area contributed by atoms with Gasteiger partial charge < -0.3 is 4.74 Å². The van der Waals surface area contributed by atoms with Gasteiger partial charge in [0.1, 0.15) is 5.75 Å². The molecule has 2 aromatic carbocycles. The van der Waals surface area contributed by atoms with Crippen LogP contribution in [0.15, 0.2) is 48.5 Å². The molecule has 0 radical (unpaired) electrons. The molecule has 0 saturated heterocycles. The van der Waals surface area contributed by atoms with Crippen molar-refractivity contribution in [2.24, 2.45) is 5.92 Å². The summed E-state index contributed by atoms with van der Waals surface area (Å²) in [7, 11) is 1.65. The number of methoxy groups -OCH3 is 1. The number of fused-ring (bicyclic) bond motifs is 1. The molecule has 0 saturated carbocycles. The van der Waals surface area contributed by atoms with E-state index in [1.165, 1.54) is 10.5 Å². The first-order chi connectivity index (χ1) is 12.0. The average molecular weight is 337 g/mol. The third kappa shape index (κ3) is 3.29. The van der Waals surface area contributed by atoms with Crippen LogP contribution >= 0.6 is 0 Å². The van der Waals surface area contributed by atoms with Crippen LogP contribution in [-0.2, 0) is 0 Å². The molecule has 1 aliphatic rings. The van der Waals surface area contributed by atoms with Crippen LogP contribution in [0.1, 0.15) is 52.5 Å². The van der Waals surface area contributed by atoms with Crippen molar-refractivity contribution in [2.75, 3.05) is 13.7 Å². The van der Waals surface area contributed by atoms with Crippen LogP contribution in [0.25, 0.3) is 0 Å². The fourth-order valence-corrected chi connectivity index (χ4v) is 3.45. The van der Waals surface area contributed by atoms with Gasteiger partial charge in [0, 0.05) is 6.54 Å². The minimum Gasteiger partial charge on any atom is -0.497 e. The Morgan fingerprint density at radius 2 is 1.48 bits per heavy atom. The minimum absolute atomic E-state index is 0.183. The van der Waals surface area contributed by atoms with E-state index >= 15 is 0 Å². The van der Waals surface area contributed by atoms with E-state index in [0.29, 0.717) is 23.6 Å². The molecule has 4 heteroatoms. The van der Waals surface area contributed by atoms with Gasteiger partial charge in [0.25, 0.3) is 11.8 Å². The van der Waals surface area contributed by atoms with Crippen LogP contribution in [0.3, 0.4) is 0 Å². The molecule has 0 unspecified atom stereocenters. The molecule has 1 heterocycles. The number of benzene rings is 2. The Morgan fingerprint density at radius 1 is 0.920 bits per heavy atom. The standard InChI is InChI=1S/C21H23NO3/c1-14(2)17(15-8-10-16(25-3)11-9-15)12-13-22-20(23)18-6-4-5-7-19(18)21(22)24/h4-11,14,17H,12-13H2,1-3H3/t17-/m0/s1. The van der Waals surface area contributed by atoms with Crippen LogP contribution in [0.4, 0.5) is 0 Å². The molecular formula is C21H23NO3. The van der Waals surface area contributed by atoms with E-state index in [0.717, 1.165) is 12.2 Å². The normalized spacial score (nSPS) is 14.8. The van der Waals surface area contributed by atoms with Crippen LogP contribution in [0.2, 0.25) is 0 Å². The first-order valence-electron chi connectivity index (χ1n) is 8.62. The SMILES string of the molecule is COc1ccc([C@@H](CCN2C(=O)c3ccccc3C2=O)C(C)C)cc1. The highest BCUT2D eigenvalue weighted by atomic mass is 16.5. The predicted molar refractivity (Wildman–Crippen MR) is 97.0 cm³/mol. The van der Waals surface area contributed by atoms with Gasteiger partial charge in [0.05, 0.1) is 18.2 Å². The molecule has 2 aromatic rings. The zero-order valence-electron chi connectivity index (χ0n) is 14.9. The van der Waals surface area contributed by atoms with E-state index in [-0.39, 0.29) is 17.7 Å². The lowest BCUT2D eigenvalue weighted by atomic mass is 9.85. The predicted octanol–water partition coefficient (Wildman–Crippen LogP) is 4.12. The van der Waals surface area contributed by atoms with Crippen LogP contribution in [0, 0.1) is 5.92 Å². The lowest BCUT2D eigenvalue weighted by Gasteiger charge is -2.24. The van der Waals surface area contributed by atoms with Crippen LogP contribution in [-0.4, -0.2) is 30.4 Å². The monoisotopic (exact) mass is 337 g/mol.